The van der Waals surface area contributed by atoms with Gasteiger partial charge in [-0.2, -0.15) is 0 Å². The van der Waals surface area contributed by atoms with Gasteiger partial charge in [0.05, 0.1) is 4.90 Å². The van der Waals surface area contributed by atoms with E-state index in [2.05, 4.69) is 35.4 Å². The Kier molecular flexibility index (Phi) is 5.58. The number of aromatic amines is 1. The Morgan fingerprint density at radius 1 is 1.20 bits per heavy atom. The van der Waals surface area contributed by atoms with Crippen molar-refractivity contribution in [1.82, 2.24) is 14.6 Å². The molecule has 0 spiro atoms. The maximum absolute atomic E-state index is 13.0. The highest BCUT2D eigenvalue weighted by Gasteiger charge is 2.34. The molecule has 0 unspecified atom stereocenters. The number of Topliss-reactive ketones (excluding diaryl/α,β-unsaturated/α-hetero) is 1. The van der Waals surface area contributed by atoms with Crippen molar-refractivity contribution in [1.29, 1.82) is 0 Å². The standard InChI is InChI=1S/C23H33N3O3S/c1-15-5-8-26(9-6-15)10-7-24-30(28,29)21-12-18-17(11-16(21)2)22-19(25-18)13-23(3,4)14-20(22)27/h11-12,15,24-25H,5-10,13-14H2,1-4H3. The topological polar surface area (TPSA) is 82.3 Å². The second-order valence-corrected chi connectivity index (χ2v) is 11.7. The number of likely N-dealkylation sites (tertiary alicyclic amines) is 1. The zero-order chi connectivity index (χ0) is 21.7. The summed E-state index contributed by atoms with van der Waals surface area (Å²) in [4.78, 5) is 18.7. The van der Waals surface area contributed by atoms with Gasteiger partial charge in [0.1, 0.15) is 0 Å². The van der Waals surface area contributed by atoms with Crippen LogP contribution in [-0.2, 0) is 16.4 Å². The number of piperidine rings is 1. The first kappa shape index (κ1) is 21.5. The van der Waals surface area contributed by atoms with E-state index in [1.165, 1.54) is 12.8 Å². The van der Waals surface area contributed by atoms with Crippen LogP contribution < -0.4 is 4.72 Å². The van der Waals surface area contributed by atoms with Crippen LogP contribution in [0.25, 0.3) is 10.9 Å². The maximum atomic E-state index is 13.0. The Hall–Kier alpha value is -1.70. The number of hydrogen-bond acceptors (Lipinski definition) is 4. The lowest BCUT2D eigenvalue weighted by atomic mass is 9.76. The summed E-state index contributed by atoms with van der Waals surface area (Å²) in [6.07, 6.45) is 3.66. The van der Waals surface area contributed by atoms with Gasteiger partial charge in [-0.05, 0) is 68.3 Å². The number of aryl methyl sites for hydroxylation is 1. The van der Waals surface area contributed by atoms with Crippen LogP contribution in [0.1, 0.15) is 61.6 Å². The minimum atomic E-state index is -3.61. The average Bonchev–Trinajstić information content (AvgIpc) is 2.98. The predicted octanol–water partition coefficient (Wildman–Crippen LogP) is 3.64. The number of benzene rings is 1. The maximum Gasteiger partial charge on any atom is 0.240 e. The molecular weight excluding hydrogens is 398 g/mol. The van der Waals surface area contributed by atoms with Gasteiger partial charge in [0.25, 0.3) is 0 Å². The molecule has 1 fully saturated rings. The molecule has 1 saturated heterocycles. The first-order valence-electron chi connectivity index (χ1n) is 11.0. The van der Waals surface area contributed by atoms with E-state index in [1.807, 2.05) is 6.07 Å². The average molecular weight is 432 g/mol. The van der Waals surface area contributed by atoms with E-state index in [1.54, 1.807) is 13.0 Å². The van der Waals surface area contributed by atoms with Crippen molar-refractivity contribution in [3.63, 3.8) is 0 Å². The summed E-state index contributed by atoms with van der Waals surface area (Å²) in [6.45, 7) is 11.5. The Morgan fingerprint density at radius 3 is 2.60 bits per heavy atom. The zero-order valence-corrected chi connectivity index (χ0v) is 19.3. The second kappa shape index (κ2) is 7.77. The van der Waals surface area contributed by atoms with E-state index >= 15 is 0 Å². The SMILES string of the molecule is Cc1cc2c3c([nH]c2cc1S(=O)(=O)NCCN1CCC(C)CC1)CC(C)(C)CC3=O. The fourth-order valence-electron chi connectivity index (χ4n) is 4.89. The number of ketones is 1. The summed E-state index contributed by atoms with van der Waals surface area (Å²) in [5.74, 6) is 0.896. The molecule has 2 aromatic rings. The third-order valence-electron chi connectivity index (χ3n) is 6.63. The highest BCUT2D eigenvalue weighted by Crippen LogP contribution is 2.38. The Balaban J connectivity index is 1.55. The normalized spacial score (nSPS) is 20.6. The molecule has 0 bridgehead atoms. The zero-order valence-electron chi connectivity index (χ0n) is 18.5. The molecule has 2 heterocycles. The van der Waals surface area contributed by atoms with Crippen LogP contribution in [-0.4, -0.2) is 50.3 Å². The van der Waals surface area contributed by atoms with Crippen LogP contribution >= 0.6 is 0 Å². The minimum Gasteiger partial charge on any atom is -0.358 e. The molecule has 7 heteroatoms. The summed E-state index contributed by atoms with van der Waals surface area (Å²) in [5.41, 5.74) is 2.97. The summed E-state index contributed by atoms with van der Waals surface area (Å²) < 4.78 is 28.8. The molecule has 0 saturated carbocycles. The van der Waals surface area contributed by atoms with Crippen LogP contribution in [0.5, 0.6) is 0 Å². The molecule has 0 amide bonds. The van der Waals surface area contributed by atoms with Gasteiger partial charge in [0, 0.05) is 41.7 Å². The Bertz CT molecular complexity index is 1080. The van der Waals surface area contributed by atoms with E-state index in [0.717, 1.165) is 54.1 Å². The van der Waals surface area contributed by atoms with E-state index in [-0.39, 0.29) is 16.1 Å². The molecule has 30 heavy (non-hydrogen) atoms. The lowest BCUT2D eigenvalue weighted by molar-refractivity contribution is 0.0913. The van der Waals surface area contributed by atoms with Crippen LogP contribution in [0, 0.1) is 18.3 Å². The number of aromatic nitrogens is 1. The summed E-state index contributed by atoms with van der Waals surface area (Å²) in [7, 11) is -3.61. The van der Waals surface area contributed by atoms with Gasteiger partial charge < -0.3 is 9.88 Å². The summed E-state index contributed by atoms with van der Waals surface area (Å²) in [6, 6.07) is 3.54. The van der Waals surface area contributed by atoms with Gasteiger partial charge in [-0.25, -0.2) is 13.1 Å². The van der Waals surface area contributed by atoms with Gasteiger partial charge >= 0.3 is 0 Å². The monoisotopic (exact) mass is 431 g/mol. The van der Waals surface area contributed by atoms with Crippen LogP contribution in [0.15, 0.2) is 17.0 Å². The van der Waals surface area contributed by atoms with Crippen molar-refractivity contribution in [2.24, 2.45) is 11.3 Å². The number of carbonyl (C=O) groups excluding carboxylic acids is 1. The van der Waals surface area contributed by atoms with E-state index in [0.29, 0.717) is 18.5 Å². The highest BCUT2D eigenvalue weighted by atomic mass is 32.2. The van der Waals surface area contributed by atoms with Gasteiger partial charge in [0.2, 0.25) is 10.0 Å². The lowest BCUT2D eigenvalue weighted by Gasteiger charge is -2.30. The second-order valence-electron chi connectivity index (χ2n) is 10.0. The summed E-state index contributed by atoms with van der Waals surface area (Å²) in [5, 5.41) is 0.837. The predicted molar refractivity (Wildman–Crippen MR) is 119 cm³/mol. The van der Waals surface area contributed by atoms with Gasteiger partial charge in [-0.1, -0.05) is 20.8 Å². The van der Waals surface area contributed by atoms with Crippen LogP contribution in [0.3, 0.4) is 0 Å². The molecule has 6 nitrogen and oxygen atoms in total. The van der Waals surface area contributed by atoms with Gasteiger partial charge in [-0.3, -0.25) is 4.79 Å². The van der Waals surface area contributed by atoms with Crippen molar-refractivity contribution >= 4 is 26.7 Å². The smallest absolute Gasteiger partial charge is 0.240 e. The van der Waals surface area contributed by atoms with Crippen molar-refractivity contribution < 1.29 is 13.2 Å². The number of hydrogen-bond donors (Lipinski definition) is 2. The largest absolute Gasteiger partial charge is 0.358 e. The van der Waals surface area contributed by atoms with Gasteiger partial charge in [0.15, 0.2) is 5.78 Å². The van der Waals surface area contributed by atoms with Crippen LogP contribution in [0.2, 0.25) is 0 Å². The van der Waals surface area contributed by atoms with Crippen molar-refractivity contribution in [3.8, 4) is 0 Å². The number of carbonyl (C=O) groups is 1. The molecule has 164 valence electrons. The van der Waals surface area contributed by atoms with Crippen molar-refractivity contribution in [3.05, 3.63) is 29.0 Å². The molecule has 2 N–H and O–H groups in total. The molecule has 2 aliphatic rings. The van der Waals surface area contributed by atoms with Crippen LogP contribution in [0.4, 0.5) is 0 Å². The molecule has 1 aromatic carbocycles. The fourth-order valence-corrected chi connectivity index (χ4v) is 6.16. The molecule has 1 aliphatic heterocycles. The summed E-state index contributed by atoms with van der Waals surface area (Å²) >= 11 is 0. The molecular formula is C23H33N3O3S. The number of rotatable bonds is 5. The fraction of sp³-hybridized carbons (Fsp3) is 0.609. The van der Waals surface area contributed by atoms with E-state index < -0.39 is 10.0 Å². The van der Waals surface area contributed by atoms with Crippen molar-refractivity contribution in [2.75, 3.05) is 26.2 Å². The first-order chi connectivity index (χ1) is 14.1. The van der Waals surface area contributed by atoms with E-state index in [4.69, 9.17) is 0 Å². The quantitative estimate of drug-likeness (QED) is 0.757. The van der Waals surface area contributed by atoms with Crippen molar-refractivity contribution in [2.45, 2.75) is 58.3 Å². The number of sulfonamides is 1. The Labute approximate surface area is 179 Å². The first-order valence-corrected chi connectivity index (χ1v) is 12.4. The third-order valence-corrected chi connectivity index (χ3v) is 8.23. The highest BCUT2D eigenvalue weighted by molar-refractivity contribution is 7.89. The number of nitrogens with one attached hydrogen (secondary N) is 2. The molecule has 1 aliphatic carbocycles. The third kappa shape index (κ3) is 4.20. The molecule has 0 atom stereocenters. The minimum absolute atomic E-state index is 0.0806. The van der Waals surface area contributed by atoms with E-state index in [9.17, 15) is 13.2 Å². The lowest BCUT2D eigenvalue weighted by Crippen LogP contribution is -2.39. The number of H-pyrrole nitrogens is 1. The number of nitrogens with zero attached hydrogens (tertiary/aromatic N) is 1. The van der Waals surface area contributed by atoms with Gasteiger partial charge in [-0.15, -0.1) is 0 Å². The molecule has 1 aromatic heterocycles. The Morgan fingerprint density at radius 2 is 1.90 bits per heavy atom. The molecule has 0 radical (unpaired) electrons. The molecule has 4 rings (SSSR count). The number of fused-ring (bicyclic) bond motifs is 3.